The summed E-state index contributed by atoms with van der Waals surface area (Å²) in [5.74, 6) is 0. The van der Waals surface area contributed by atoms with Gasteiger partial charge < -0.3 is 0 Å². The molecule has 0 aromatic heterocycles. The molecule has 0 radical (unpaired) electrons. The first kappa shape index (κ1) is 9.80. The predicted octanol–water partition coefficient (Wildman–Crippen LogP) is 0.788. The van der Waals surface area contributed by atoms with Gasteiger partial charge in [-0.3, -0.25) is 0 Å². The van der Waals surface area contributed by atoms with Crippen LogP contribution in [0, 0.1) is 0 Å². The van der Waals surface area contributed by atoms with E-state index < -0.39 is 19.6 Å². The normalized spacial score (nSPS) is 17.7. The first-order valence-electron chi connectivity index (χ1n) is 2.43. The number of hydrogen-bond donors (Lipinski definition) is 0. The molecule has 0 aromatic rings. The monoisotopic (exact) mass is 329 g/mol. The topological polar surface area (TPSA) is 77.5 Å². The van der Waals surface area contributed by atoms with Gasteiger partial charge in [-0.2, -0.15) is 0 Å². The van der Waals surface area contributed by atoms with Crippen LogP contribution in [0.25, 0.3) is 0 Å². The van der Waals surface area contributed by atoms with Crippen LogP contribution >= 0.6 is 0 Å². The van der Waals surface area contributed by atoms with E-state index in [0.717, 1.165) is 0 Å². The molecule has 0 saturated carbocycles. The van der Waals surface area contributed by atoms with Crippen LogP contribution in [0.2, 0.25) is 0 Å². The Morgan fingerprint density at radius 3 is 1.30 bits per heavy atom. The summed E-state index contributed by atoms with van der Waals surface area (Å²) in [6.07, 6.45) is 0. The fraction of sp³-hybridized carbons (Fsp3) is 1.00. The Bertz CT molecular complexity index is 329. The van der Waals surface area contributed by atoms with Crippen LogP contribution in [0.5, 0.6) is 0 Å². The van der Waals surface area contributed by atoms with Gasteiger partial charge in [0.25, 0.3) is 0 Å². The van der Waals surface area contributed by atoms with Gasteiger partial charge >= 0.3 is 58.1 Å². The molecule has 63 valence electrons. The maximum atomic E-state index is 10.0. The summed E-state index contributed by atoms with van der Waals surface area (Å²) >= 11 is -7.43. The molecule has 6 heteroatoms. The molecule has 0 heterocycles. The number of hydrogen-bond acceptors (Lipinski definition) is 5. The van der Waals surface area contributed by atoms with Crippen molar-refractivity contribution in [3.63, 3.8) is 0 Å². The predicted molar refractivity (Wildman–Crippen MR) is 23.6 cm³/mol. The van der Waals surface area contributed by atoms with E-state index in [1.54, 1.807) is 0 Å². The summed E-state index contributed by atoms with van der Waals surface area (Å²) in [5, 5.41) is 0. The van der Waals surface area contributed by atoms with Gasteiger partial charge in [0.1, 0.15) is 0 Å². The Morgan fingerprint density at radius 1 is 1.00 bits per heavy atom. The number of rotatable bonds is 1. The third kappa shape index (κ3) is 7.80. The SMILES string of the molecule is CC(C)(C)[O][Os](=[O])(=[O])(=[O])=[O]. The molecule has 0 bridgehead atoms. The molecule has 0 unspecified atom stereocenters. The summed E-state index contributed by atoms with van der Waals surface area (Å²) in [5.41, 5.74) is -1.22. The summed E-state index contributed by atoms with van der Waals surface area (Å²) in [7, 11) is 0. The first-order chi connectivity index (χ1) is 3.96. The molecule has 0 rings (SSSR count). The third-order valence-corrected chi connectivity index (χ3v) is 2.74. The van der Waals surface area contributed by atoms with E-state index in [1.807, 2.05) is 0 Å². The van der Waals surface area contributed by atoms with Crippen molar-refractivity contribution in [3.05, 3.63) is 0 Å². The summed E-state index contributed by atoms with van der Waals surface area (Å²) < 4.78 is 43.8. The van der Waals surface area contributed by atoms with Gasteiger partial charge in [-0.05, 0) is 0 Å². The van der Waals surface area contributed by atoms with Gasteiger partial charge in [-0.1, -0.05) is 0 Å². The Balaban J connectivity index is 4.89. The van der Waals surface area contributed by atoms with Crippen LogP contribution < -0.4 is 0 Å². The zero-order valence-corrected chi connectivity index (χ0v) is 8.44. The van der Waals surface area contributed by atoms with E-state index in [9.17, 15) is 14.2 Å². The fourth-order valence-corrected chi connectivity index (χ4v) is 2.89. The van der Waals surface area contributed by atoms with Crippen molar-refractivity contribution in [3.8, 4) is 0 Å². The van der Waals surface area contributed by atoms with Crippen molar-refractivity contribution in [1.29, 1.82) is 0 Å². The van der Waals surface area contributed by atoms with Gasteiger partial charge in [0.05, 0.1) is 0 Å². The quantitative estimate of drug-likeness (QED) is 0.711. The van der Waals surface area contributed by atoms with Crippen LogP contribution in [0.3, 0.4) is 0 Å². The molecule has 0 aliphatic rings. The van der Waals surface area contributed by atoms with Crippen molar-refractivity contribution >= 4 is 0 Å². The van der Waals surface area contributed by atoms with Gasteiger partial charge in [-0.25, -0.2) is 0 Å². The molecule has 5 nitrogen and oxygen atoms in total. The van der Waals surface area contributed by atoms with Crippen LogP contribution in [0.1, 0.15) is 20.8 Å². The zero-order valence-electron chi connectivity index (χ0n) is 5.89. The van der Waals surface area contributed by atoms with Crippen LogP contribution in [-0.2, 0) is 31.7 Å². The van der Waals surface area contributed by atoms with E-state index >= 15 is 0 Å². The van der Waals surface area contributed by atoms with Gasteiger partial charge in [0.2, 0.25) is 0 Å². The van der Waals surface area contributed by atoms with Crippen molar-refractivity contribution in [2.45, 2.75) is 26.4 Å². The van der Waals surface area contributed by atoms with E-state index in [2.05, 4.69) is 3.53 Å². The van der Waals surface area contributed by atoms with Gasteiger partial charge in [0, 0.05) is 0 Å². The van der Waals surface area contributed by atoms with Crippen molar-refractivity contribution < 1.29 is 31.7 Å². The molecule has 0 saturated heterocycles. The Morgan fingerprint density at radius 2 is 1.30 bits per heavy atom. The Labute approximate surface area is 58.6 Å². The van der Waals surface area contributed by atoms with Crippen LogP contribution in [-0.4, -0.2) is 5.60 Å². The van der Waals surface area contributed by atoms with Crippen molar-refractivity contribution in [2.75, 3.05) is 0 Å². The second-order valence-electron chi connectivity index (χ2n) is 2.77. The Kier molecular flexibility index (Phi) is 1.86. The summed E-state index contributed by atoms with van der Waals surface area (Å²) in [4.78, 5) is 0. The zero-order chi connectivity index (χ0) is 8.65. The summed E-state index contributed by atoms with van der Waals surface area (Å²) in [6, 6.07) is 0. The molecule has 0 fully saturated rings. The third-order valence-electron chi connectivity index (χ3n) is 0.334. The van der Waals surface area contributed by atoms with E-state index in [4.69, 9.17) is 0 Å². The average molecular weight is 327 g/mol. The minimum absolute atomic E-state index is 1.22. The molecule has 0 aromatic carbocycles. The molecule has 0 aliphatic carbocycles. The van der Waals surface area contributed by atoms with E-state index in [1.165, 1.54) is 20.8 Å². The second kappa shape index (κ2) is 1.90. The molecule has 0 atom stereocenters. The fourth-order valence-electron chi connectivity index (χ4n) is 0.354. The van der Waals surface area contributed by atoms with Gasteiger partial charge in [-0.15, -0.1) is 0 Å². The van der Waals surface area contributed by atoms with Gasteiger partial charge in [0.15, 0.2) is 0 Å². The standard InChI is InChI=1S/C4H9O.4O.Os/c1-4(2,3)5;;;;;/h1-3H3;;;;;/q-1;;;;;+1. The molecule has 0 amide bonds. The maximum absolute atomic E-state index is 10.0. The molecule has 0 spiro atoms. The molecular weight excluding hydrogens is 318 g/mol. The van der Waals surface area contributed by atoms with Crippen molar-refractivity contribution in [2.24, 2.45) is 0 Å². The molecule has 0 N–H and O–H groups in total. The van der Waals surface area contributed by atoms with E-state index in [-0.39, 0.29) is 0 Å². The molecular formula is C4H9O5Os. The minimum atomic E-state index is -7.43. The van der Waals surface area contributed by atoms with Crippen LogP contribution in [0.15, 0.2) is 0 Å². The van der Waals surface area contributed by atoms with E-state index in [0.29, 0.717) is 0 Å². The molecule has 10 heavy (non-hydrogen) atoms. The molecule has 0 aliphatic heterocycles. The van der Waals surface area contributed by atoms with Crippen molar-refractivity contribution in [1.82, 2.24) is 0 Å². The Hall–Kier alpha value is -0.204. The first-order valence-corrected chi connectivity index (χ1v) is 7.61. The second-order valence-corrected chi connectivity index (χ2v) is 7.53. The van der Waals surface area contributed by atoms with Crippen LogP contribution in [0.4, 0.5) is 0 Å². The summed E-state index contributed by atoms with van der Waals surface area (Å²) in [6.45, 7) is 3.97. The average Bonchev–Trinajstić information content (AvgIpc) is 1.09.